The molecule has 0 fully saturated rings. The van der Waals surface area contributed by atoms with Gasteiger partial charge in [-0.3, -0.25) is 9.59 Å². The van der Waals surface area contributed by atoms with E-state index in [1.54, 1.807) is 6.08 Å². The van der Waals surface area contributed by atoms with E-state index in [1.807, 2.05) is 6.08 Å². The first-order valence-electron chi connectivity index (χ1n) is 25.2. The van der Waals surface area contributed by atoms with Crippen LogP contribution in [0.25, 0.3) is 0 Å². The number of unbranched alkanes of at least 4 members (excludes halogenated alkanes) is 22. The van der Waals surface area contributed by atoms with Gasteiger partial charge in [0.2, 0.25) is 5.91 Å². The van der Waals surface area contributed by atoms with Crippen LogP contribution in [0.4, 0.5) is 0 Å². The van der Waals surface area contributed by atoms with Crippen LogP contribution in [0.1, 0.15) is 233 Å². The Morgan fingerprint density at radius 2 is 0.933 bits per heavy atom. The van der Waals surface area contributed by atoms with Crippen LogP contribution in [0, 0.1) is 0 Å². The van der Waals surface area contributed by atoms with Crippen molar-refractivity contribution in [1.29, 1.82) is 0 Å². The average Bonchev–Trinajstić information content (AvgIpc) is 3.24. The lowest BCUT2D eigenvalue weighted by molar-refractivity contribution is -0.148. The number of hydrogen-bond donors (Lipinski definition) is 3. The summed E-state index contributed by atoms with van der Waals surface area (Å²) in [6.45, 7) is 6.31. The van der Waals surface area contributed by atoms with Crippen LogP contribution in [-0.4, -0.2) is 46.9 Å². The maximum absolute atomic E-state index is 13.1. The summed E-state index contributed by atoms with van der Waals surface area (Å²) in [5.74, 6) is -0.640. The molecule has 3 unspecified atom stereocenters. The van der Waals surface area contributed by atoms with Gasteiger partial charge in [-0.1, -0.05) is 216 Å². The monoisotopic (exact) mass is 838 g/mol. The maximum Gasteiger partial charge on any atom is 0.306 e. The highest BCUT2D eigenvalue weighted by atomic mass is 16.5. The number of rotatable bonds is 44. The van der Waals surface area contributed by atoms with Gasteiger partial charge in [0.1, 0.15) is 6.10 Å². The summed E-state index contributed by atoms with van der Waals surface area (Å²) in [5, 5.41) is 23.6. The molecule has 346 valence electrons. The van der Waals surface area contributed by atoms with Crippen molar-refractivity contribution in [2.24, 2.45) is 0 Å². The first-order valence-corrected chi connectivity index (χ1v) is 25.2. The van der Waals surface area contributed by atoms with Crippen molar-refractivity contribution in [2.75, 3.05) is 6.61 Å². The molecule has 0 rings (SSSR count). The predicted molar refractivity (Wildman–Crippen MR) is 259 cm³/mol. The van der Waals surface area contributed by atoms with E-state index in [1.165, 1.54) is 109 Å². The summed E-state index contributed by atoms with van der Waals surface area (Å²) >= 11 is 0. The number of carbonyl (C=O) groups is 2. The van der Waals surface area contributed by atoms with Crippen molar-refractivity contribution in [2.45, 2.75) is 251 Å². The van der Waals surface area contributed by atoms with Crippen molar-refractivity contribution < 1.29 is 24.5 Å². The van der Waals surface area contributed by atoms with E-state index in [2.05, 4.69) is 86.8 Å². The molecule has 0 aromatic carbocycles. The Bertz CT molecular complexity index is 1120. The minimum absolute atomic E-state index is 0.0510. The second kappa shape index (κ2) is 47.4. The Morgan fingerprint density at radius 1 is 0.517 bits per heavy atom. The van der Waals surface area contributed by atoms with E-state index in [0.29, 0.717) is 19.3 Å². The smallest absolute Gasteiger partial charge is 0.306 e. The summed E-state index contributed by atoms with van der Waals surface area (Å²) in [6.07, 6.45) is 59.9. The fourth-order valence-corrected chi connectivity index (χ4v) is 7.21. The number of aliphatic hydroxyl groups excluding tert-OH is 2. The molecule has 3 atom stereocenters. The highest BCUT2D eigenvalue weighted by Crippen LogP contribution is 2.15. The van der Waals surface area contributed by atoms with Gasteiger partial charge >= 0.3 is 5.97 Å². The molecule has 6 heteroatoms. The SMILES string of the molecule is CC/C=C/C/C=C/C/C=C/C/C=C/C/C=C/C(CC(=O)NC(CO)C(O)CCCCCCCCCCCCC)OC(=O)CCCCCCC/C=C/CCCCCCCCC. The number of amides is 1. The van der Waals surface area contributed by atoms with E-state index < -0.39 is 18.2 Å². The van der Waals surface area contributed by atoms with Crippen molar-refractivity contribution in [1.82, 2.24) is 5.32 Å². The van der Waals surface area contributed by atoms with Gasteiger partial charge in [-0.25, -0.2) is 0 Å². The van der Waals surface area contributed by atoms with Gasteiger partial charge in [0.05, 0.1) is 25.2 Å². The number of ether oxygens (including phenoxy) is 1. The van der Waals surface area contributed by atoms with Gasteiger partial charge < -0.3 is 20.3 Å². The van der Waals surface area contributed by atoms with E-state index >= 15 is 0 Å². The fraction of sp³-hybridized carbons (Fsp3) is 0.741. The van der Waals surface area contributed by atoms with Gasteiger partial charge in [-0.15, -0.1) is 0 Å². The standard InChI is InChI=1S/C54H95NO5/c1-4-7-10-13-16-19-22-24-26-27-29-32-35-38-41-44-47-54(59)60-50(45-42-39-36-33-31-28-25-23-20-17-14-11-8-5-2)48-53(58)55-51(49-56)52(57)46-43-40-37-34-30-21-18-15-12-9-6-3/h8,11,17,20,25-28,33,36,42,45,50-52,56-57H,4-7,9-10,12-16,18-19,21-24,29-32,34-35,37-41,43-44,46-49H2,1-3H3,(H,55,58)/b11-8+,20-17+,27-26+,28-25+,36-33+,45-42+. The number of hydrogen-bond acceptors (Lipinski definition) is 5. The molecule has 0 aromatic heterocycles. The molecule has 0 spiro atoms. The van der Waals surface area contributed by atoms with Crippen LogP contribution >= 0.6 is 0 Å². The molecular weight excluding hydrogens is 743 g/mol. The Labute approximate surface area is 371 Å². The second-order valence-corrected chi connectivity index (χ2v) is 16.8. The Morgan fingerprint density at radius 3 is 1.40 bits per heavy atom. The molecule has 0 aliphatic rings. The zero-order valence-electron chi connectivity index (χ0n) is 39.3. The van der Waals surface area contributed by atoms with Crippen LogP contribution < -0.4 is 5.32 Å². The second-order valence-electron chi connectivity index (χ2n) is 16.8. The zero-order chi connectivity index (χ0) is 43.8. The lowest BCUT2D eigenvalue weighted by atomic mass is 10.0. The van der Waals surface area contributed by atoms with Crippen LogP contribution in [0.3, 0.4) is 0 Å². The zero-order valence-corrected chi connectivity index (χ0v) is 39.3. The third-order valence-electron chi connectivity index (χ3n) is 11.0. The Balaban J connectivity index is 4.74. The Kier molecular flexibility index (Phi) is 45.2. The highest BCUT2D eigenvalue weighted by molar-refractivity contribution is 5.78. The van der Waals surface area contributed by atoms with E-state index in [0.717, 1.165) is 77.0 Å². The third-order valence-corrected chi connectivity index (χ3v) is 11.0. The molecule has 6 nitrogen and oxygen atoms in total. The first-order chi connectivity index (χ1) is 29.5. The summed E-state index contributed by atoms with van der Waals surface area (Å²) in [6, 6.07) is -0.745. The molecule has 1 amide bonds. The number of allylic oxidation sites excluding steroid dienone is 11. The summed E-state index contributed by atoms with van der Waals surface area (Å²) in [7, 11) is 0. The maximum atomic E-state index is 13.1. The molecule has 0 radical (unpaired) electrons. The van der Waals surface area contributed by atoms with Crippen molar-refractivity contribution >= 4 is 11.9 Å². The topological polar surface area (TPSA) is 95.9 Å². The molecule has 0 heterocycles. The number of esters is 1. The Hall–Kier alpha value is -2.70. The van der Waals surface area contributed by atoms with Crippen LogP contribution in [0.2, 0.25) is 0 Å². The number of carbonyl (C=O) groups excluding carboxylic acids is 2. The van der Waals surface area contributed by atoms with Gasteiger partial charge in [0.15, 0.2) is 0 Å². The molecule has 0 saturated heterocycles. The van der Waals surface area contributed by atoms with Gasteiger partial charge in [-0.05, 0) is 76.7 Å². The normalized spacial score (nSPS) is 13.9. The fourth-order valence-electron chi connectivity index (χ4n) is 7.21. The molecule has 3 N–H and O–H groups in total. The van der Waals surface area contributed by atoms with Crippen LogP contribution in [-0.2, 0) is 14.3 Å². The quantitative estimate of drug-likeness (QED) is 0.0323. The number of nitrogens with one attached hydrogen (secondary N) is 1. The van der Waals surface area contributed by atoms with Crippen LogP contribution in [0.15, 0.2) is 72.9 Å². The highest BCUT2D eigenvalue weighted by Gasteiger charge is 2.23. The van der Waals surface area contributed by atoms with Gasteiger partial charge in [-0.2, -0.15) is 0 Å². The molecule has 0 saturated carbocycles. The molecule has 0 bridgehead atoms. The van der Waals surface area contributed by atoms with E-state index in [-0.39, 0.29) is 24.9 Å². The third kappa shape index (κ3) is 42.0. The van der Waals surface area contributed by atoms with Crippen LogP contribution in [0.5, 0.6) is 0 Å². The van der Waals surface area contributed by atoms with Crippen molar-refractivity contribution in [3.05, 3.63) is 72.9 Å². The molecule has 0 aromatic rings. The van der Waals surface area contributed by atoms with E-state index in [9.17, 15) is 19.8 Å². The minimum Gasteiger partial charge on any atom is -0.458 e. The van der Waals surface area contributed by atoms with Gasteiger partial charge in [0.25, 0.3) is 0 Å². The summed E-state index contributed by atoms with van der Waals surface area (Å²) < 4.78 is 5.81. The summed E-state index contributed by atoms with van der Waals surface area (Å²) in [5.41, 5.74) is 0. The number of aliphatic hydroxyl groups is 2. The average molecular weight is 838 g/mol. The lowest BCUT2D eigenvalue weighted by Crippen LogP contribution is -2.46. The molecule has 0 aliphatic heterocycles. The lowest BCUT2D eigenvalue weighted by Gasteiger charge is -2.23. The molecule has 60 heavy (non-hydrogen) atoms. The molecular formula is C54H95NO5. The van der Waals surface area contributed by atoms with Crippen molar-refractivity contribution in [3.8, 4) is 0 Å². The summed E-state index contributed by atoms with van der Waals surface area (Å²) in [4.78, 5) is 26.0. The largest absolute Gasteiger partial charge is 0.458 e. The minimum atomic E-state index is -0.821. The van der Waals surface area contributed by atoms with E-state index in [4.69, 9.17) is 4.74 Å². The first kappa shape index (κ1) is 57.3. The van der Waals surface area contributed by atoms with Gasteiger partial charge in [0, 0.05) is 6.42 Å². The van der Waals surface area contributed by atoms with Crippen molar-refractivity contribution in [3.63, 3.8) is 0 Å². The molecule has 0 aliphatic carbocycles. The predicted octanol–water partition coefficient (Wildman–Crippen LogP) is 15.0.